The Bertz CT molecular complexity index is 2290. The minimum atomic E-state index is -0.315. The van der Waals surface area contributed by atoms with Crippen molar-refractivity contribution in [2.75, 3.05) is 11.4 Å². The fraction of sp³-hybridized carbons (Fsp3) is 0.212. The van der Waals surface area contributed by atoms with Gasteiger partial charge in [0.1, 0.15) is 0 Å². The Morgan fingerprint density at radius 3 is 1.76 bits per heavy atom. The normalized spacial score (nSPS) is 18.0. The summed E-state index contributed by atoms with van der Waals surface area (Å²) in [6.45, 7) is 9.97. The van der Waals surface area contributed by atoms with Gasteiger partial charge in [0.05, 0.1) is 11.4 Å². The van der Waals surface area contributed by atoms with E-state index in [0.29, 0.717) is 5.92 Å². The van der Waals surface area contributed by atoms with Gasteiger partial charge in [-0.2, -0.15) is 0 Å². The third-order valence-corrected chi connectivity index (χ3v) is 11.6. The van der Waals surface area contributed by atoms with E-state index in [-0.39, 0.29) is 10.8 Å². The number of aliphatic imine (C=N–C) groups is 1. The average molecular weight is 703 g/mol. The Balaban J connectivity index is 1.30. The van der Waals surface area contributed by atoms with Gasteiger partial charge in [-0.1, -0.05) is 159 Å². The number of benzene rings is 6. The van der Waals surface area contributed by atoms with Crippen LogP contribution in [0, 0.1) is 5.92 Å². The van der Waals surface area contributed by atoms with Crippen LogP contribution < -0.4 is 4.90 Å². The maximum absolute atomic E-state index is 5.43. The first kappa shape index (κ1) is 35.3. The summed E-state index contributed by atoms with van der Waals surface area (Å²) in [7, 11) is 0. The minimum Gasteiger partial charge on any atom is -0.344 e. The number of hydrogen-bond donors (Lipinski definition) is 0. The topological polar surface area (TPSA) is 15.6 Å². The predicted molar refractivity (Wildman–Crippen MR) is 230 cm³/mol. The molecule has 0 bridgehead atoms. The lowest BCUT2D eigenvalue weighted by Gasteiger charge is -2.34. The van der Waals surface area contributed by atoms with E-state index in [9.17, 15) is 0 Å². The molecule has 8 rings (SSSR count). The van der Waals surface area contributed by atoms with Gasteiger partial charge in [-0.3, -0.25) is 4.99 Å². The number of fused-ring (bicyclic) bond motifs is 3. The number of anilines is 1. The maximum atomic E-state index is 5.43. The van der Waals surface area contributed by atoms with Crippen molar-refractivity contribution >= 4 is 27.9 Å². The lowest BCUT2D eigenvalue weighted by molar-refractivity contribution is 0.505. The van der Waals surface area contributed by atoms with Crippen LogP contribution in [0.2, 0.25) is 0 Å². The Hall–Kier alpha value is -5.73. The van der Waals surface area contributed by atoms with E-state index in [4.69, 9.17) is 4.99 Å². The highest BCUT2D eigenvalue weighted by Gasteiger charge is 2.47. The van der Waals surface area contributed by atoms with Crippen LogP contribution in [-0.2, 0) is 30.1 Å². The number of nitrogens with zero attached hydrogens (tertiary/aromatic N) is 2. The first-order valence-electron chi connectivity index (χ1n) is 19.6. The molecular weight excluding hydrogens is 653 g/mol. The van der Waals surface area contributed by atoms with Crippen molar-refractivity contribution in [3.8, 4) is 0 Å². The molecule has 0 aromatic heterocycles. The van der Waals surface area contributed by atoms with Crippen molar-refractivity contribution in [2.45, 2.75) is 56.8 Å². The number of hydrogen-bond acceptors (Lipinski definition) is 2. The number of allylic oxidation sites excluding steroid dienone is 5. The van der Waals surface area contributed by atoms with E-state index >= 15 is 0 Å². The van der Waals surface area contributed by atoms with E-state index in [2.05, 4.69) is 201 Å². The third kappa shape index (κ3) is 6.78. The summed E-state index contributed by atoms with van der Waals surface area (Å²) in [6, 6.07) is 55.4. The molecule has 0 radical (unpaired) electrons. The van der Waals surface area contributed by atoms with E-state index in [1.54, 1.807) is 0 Å². The summed E-state index contributed by atoms with van der Waals surface area (Å²) in [5, 5.41) is 2.56. The first-order chi connectivity index (χ1) is 26.5. The van der Waals surface area contributed by atoms with Crippen LogP contribution in [-0.4, -0.2) is 12.3 Å². The van der Waals surface area contributed by atoms with E-state index < -0.39 is 0 Å². The lowest BCUT2D eigenvalue weighted by atomic mass is 9.69. The molecule has 268 valence electrons. The Morgan fingerprint density at radius 1 is 0.630 bits per heavy atom. The summed E-state index contributed by atoms with van der Waals surface area (Å²) < 4.78 is 0. The minimum absolute atomic E-state index is 0.282. The molecule has 2 aliphatic rings. The van der Waals surface area contributed by atoms with Gasteiger partial charge >= 0.3 is 0 Å². The summed E-state index contributed by atoms with van der Waals surface area (Å²) in [5.41, 5.74) is 10.9. The molecule has 0 fully saturated rings. The Morgan fingerprint density at radius 2 is 1.17 bits per heavy atom. The standard InChI is InChI=1S/C52H50N2/c1-4-32-51(36-40-19-8-5-9-20-40)46-34-43-25-14-15-26-44(43)35-48(46)54(33-31-39(2)3)50(51)30-18-29-49-52(37-41-21-10-6-11-22-41,38-42-23-12-7-13-24-42)45-27-16-17-28-47(45)53-49/h4-30,34-35,39H,1,31-33,36-38H2,2-3H3/b29-18+,50-30+. The predicted octanol–water partition coefficient (Wildman–Crippen LogP) is 12.7. The molecule has 1 atom stereocenters. The molecule has 0 saturated heterocycles. The van der Waals surface area contributed by atoms with Crippen LogP contribution in [0.4, 0.5) is 11.4 Å². The molecule has 1 unspecified atom stereocenters. The molecule has 0 spiro atoms. The molecule has 2 nitrogen and oxygen atoms in total. The highest BCUT2D eigenvalue weighted by Crippen LogP contribution is 2.54. The van der Waals surface area contributed by atoms with Crippen molar-refractivity contribution in [1.29, 1.82) is 0 Å². The molecule has 2 aliphatic heterocycles. The van der Waals surface area contributed by atoms with Crippen LogP contribution >= 0.6 is 0 Å². The van der Waals surface area contributed by atoms with Gasteiger partial charge in [-0.15, -0.1) is 6.58 Å². The van der Waals surface area contributed by atoms with Gasteiger partial charge in [-0.25, -0.2) is 0 Å². The van der Waals surface area contributed by atoms with Crippen molar-refractivity contribution in [1.82, 2.24) is 0 Å². The number of rotatable bonds is 13. The fourth-order valence-electron chi connectivity index (χ4n) is 9.00. The van der Waals surface area contributed by atoms with Crippen molar-refractivity contribution in [3.05, 3.63) is 216 Å². The van der Waals surface area contributed by atoms with Crippen molar-refractivity contribution in [2.24, 2.45) is 10.9 Å². The van der Waals surface area contributed by atoms with Crippen molar-refractivity contribution < 1.29 is 0 Å². The second-order valence-corrected chi connectivity index (χ2v) is 15.6. The zero-order valence-electron chi connectivity index (χ0n) is 31.7. The van der Waals surface area contributed by atoms with Crippen LogP contribution in [0.3, 0.4) is 0 Å². The van der Waals surface area contributed by atoms with E-state index in [1.807, 2.05) is 0 Å². The van der Waals surface area contributed by atoms with Crippen LogP contribution in [0.25, 0.3) is 10.8 Å². The molecular formula is C52H50N2. The molecule has 0 aliphatic carbocycles. The molecule has 0 N–H and O–H groups in total. The van der Waals surface area contributed by atoms with E-state index in [0.717, 1.165) is 50.0 Å². The zero-order valence-corrected chi connectivity index (χ0v) is 31.7. The lowest BCUT2D eigenvalue weighted by Crippen LogP contribution is -2.37. The van der Waals surface area contributed by atoms with Gasteiger partial charge in [0, 0.05) is 28.8 Å². The van der Waals surface area contributed by atoms with Gasteiger partial charge in [-0.05, 0) is 107 Å². The van der Waals surface area contributed by atoms with Gasteiger partial charge < -0.3 is 4.90 Å². The second kappa shape index (κ2) is 15.3. The number of para-hydroxylation sites is 1. The van der Waals surface area contributed by atoms with Crippen LogP contribution in [0.15, 0.2) is 193 Å². The molecule has 0 amide bonds. The van der Waals surface area contributed by atoms with Gasteiger partial charge in [0.2, 0.25) is 0 Å². The first-order valence-corrected chi connectivity index (χ1v) is 19.6. The van der Waals surface area contributed by atoms with E-state index in [1.165, 1.54) is 50.0 Å². The third-order valence-electron chi connectivity index (χ3n) is 11.6. The summed E-state index contributed by atoms with van der Waals surface area (Å²) in [4.78, 5) is 8.06. The summed E-state index contributed by atoms with van der Waals surface area (Å²) >= 11 is 0. The average Bonchev–Trinajstić information content (AvgIpc) is 3.62. The molecule has 2 heteroatoms. The fourth-order valence-corrected chi connectivity index (χ4v) is 9.00. The van der Waals surface area contributed by atoms with Crippen LogP contribution in [0.1, 0.15) is 54.5 Å². The zero-order chi connectivity index (χ0) is 37.0. The molecule has 54 heavy (non-hydrogen) atoms. The molecule has 6 aromatic carbocycles. The molecule has 2 heterocycles. The Kier molecular flexibility index (Phi) is 10.0. The largest absolute Gasteiger partial charge is 0.344 e. The molecule has 0 saturated carbocycles. The van der Waals surface area contributed by atoms with Gasteiger partial charge in [0.15, 0.2) is 0 Å². The monoisotopic (exact) mass is 702 g/mol. The summed E-state index contributed by atoms with van der Waals surface area (Å²) in [6.07, 6.45) is 13.7. The quantitative estimate of drug-likeness (QED) is 0.109. The smallest absolute Gasteiger partial charge is 0.0675 e. The summed E-state index contributed by atoms with van der Waals surface area (Å²) in [5.74, 6) is 0.581. The SMILES string of the molecule is C=CCC1(Cc2ccccc2)/C(=C\C=C\C2=Nc3ccccc3C2(Cc2ccccc2)Cc2ccccc2)N(CCC(C)C)c2cc3ccccc3cc21. The second-order valence-electron chi connectivity index (χ2n) is 15.6. The highest BCUT2D eigenvalue weighted by atomic mass is 15.2. The maximum Gasteiger partial charge on any atom is 0.0675 e. The van der Waals surface area contributed by atoms with Crippen molar-refractivity contribution in [3.63, 3.8) is 0 Å². The molecule has 6 aromatic rings. The van der Waals surface area contributed by atoms with Crippen LogP contribution in [0.5, 0.6) is 0 Å². The van der Waals surface area contributed by atoms with Gasteiger partial charge in [0.25, 0.3) is 0 Å². The Labute approximate surface area is 321 Å². The highest BCUT2D eigenvalue weighted by molar-refractivity contribution is 6.09.